The highest BCUT2D eigenvalue weighted by atomic mass is 35.5. The van der Waals surface area contributed by atoms with Crippen LogP contribution in [0.15, 0.2) is 42.5 Å². The zero-order valence-corrected chi connectivity index (χ0v) is 16.4. The van der Waals surface area contributed by atoms with Crippen molar-refractivity contribution in [2.24, 2.45) is 0 Å². The summed E-state index contributed by atoms with van der Waals surface area (Å²) in [6.45, 7) is 2.91. The SMILES string of the molecule is O=C1[C@@H](N2CCC(c3ccc(O)cc3)CC2)CCN1Cc1ccc(Cl)c(F)c1. The van der Waals surface area contributed by atoms with Gasteiger partial charge in [0, 0.05) is 13.1 Å². The Kier molecular flexibility index (Phi) is 5.56. The number of hydrogen-bond donors (Lipinski definition) is 1. The maximum Gasteiger partial charge on any atom is 0.240 e. The van der Waals surface area contributed by atoms with Crippen LogP contribution >= 0.6 is 11.6 Å². The molecule has 2 aromatic rings. The summed E-state index contributed by atoms with van der Waals surface area (Å²) >= 11 is 5.74. The van der Waals surface area contributed by atoms with Crippen molar-refractivity contribution in [3.05, 3.63) is 64.4 Å². The molecular weight excluding hydrogens is 379 g/mol. The molecule has 0 radical (unpaired) electrons. The molecule has 2 heterocycles. The van der Waals surface area contributed by atoms with Gasteiger partial charge in [-0.3, -0.25) is 9.69 Å². The Bertz CT molecular complexity index is 850. The van der Waals surface area contributed by atoms with Crippen LogP contribution in [0.4, 0.5) is 4.39 Å². The van der Waals surface area contributed by atoms with Gasteiger partial charge >= 0.3 is 0 Å². The first kappa shape index (κ1) is 19.2. The van der Waals surface area contributed by atoms with Gasteiger partial charge < -0.3 is 10.0 Å². The average Bonchev–Trinajstić information content (AvgIpc) is 3.06. The van der Waals surface area contributed by atoms with Gasteiger partial charge in [0.1, 0.15) is 11.6 Å². The van der Waals surface area contributed by atoms with E-state index < -0.39 is 5.82 Å². The van der Waals surface area contributed by atoms with Crippen LogP contribution in [0.5, 0.6) is 5.75 Å². The van der Waals surface area contributed by atoms with E-state index in [1.54, 1.807) is 24.3 Å². The van der Waals surface area contributed by atoms with E-state index in [9.17, 15) is 14.3 Å². The van der Waals surface area contributed by atoms with Crippen molar-refractivity contribution >= 4 is 17.5 Å². The lowest BCUT2D eigenvalue weighted by atomic mass is 9.89. The maximum absolute atomic E-state index is 13.7. The lowest BCUT2D eigenvalue weighted by Crippen LogP contribution is -2.45. The van der Waals surface area contributed by atoms with Crippen molar-refractivity contribution in [2.75, 3.05) is 19.6 Å². The minimum atomic E-state index is -0.446. The summed E-state index contributed by atoms with van der Waals surface area (Å²) in [4.78, 5) is 17.0. The third-order valence-electron chi connectivity index (χ3n) is 5.96. The average molecular weight is 403 g/mol. The van der Waals surface area contributed by atoms with Crippen molar-refractivity contribution in [1.82, 2.24) is 9.80 Å². The number of rotatable bonds is 4. The summed E-state index contributed by atoms with van der Waals surface area (Å²) in [6, 6.07) is 12.1. The van der Waals surface area contributed by atoms with E-state index in [0.717, 1.165) is 37.9 Å². The normalized spacial score (nSPS) is 21.4. The Labute approximate surface area is 169 Å². The molecule has 4 nitrogen and oxygen atoms in total. The van der Waals surface area contributed by atoms with E-state index in [1.807, 2.05) is 17.0 Å². The van der Waals surface area contributed by atoms with Crippen molar-refractivity contribution in [2.45, 2.75) is 37.8 Å². The summed E-state index contributed by atoms with van der Waals surface area (Å²) in [5.41, 5.74) is 2.02. The molecule has 0 unspecified atom stereocenters. The van der Waals surface area contributed by atoms with Crippen LogP contribution in [0, 0.1) is 5.82 Å². The minimum absolute atomic E-state index is 0.0714. The maximum atomic E-state index is 13.7. The third kappa shape index (κ3) is 4.01. The molecule has 1 amide bonds. The van der Waals surface area contributed by atoms with E-state index in [1.165, 1.54) is 11.6 Å². The van der Waals surface area contributed by atoms with Gasteiger partial charge in [-0.2, -0.15) is 0 Å². The molecule has 0 saturated carbocycles. The number of piperidine rings is 1. The van der Waals surface area contributed by atoms with Crippen LogP contribution in [0.25, 0.3) is 0 Å². The largest absolute Gasteiger partial charge is 0.508 e. The number of carbonyl (C=O) groups excluding carboxylic acids is 1. The second-order valence-corrected chi connectivity index (χ2v) is 8.12. The van der Waals surface area contributed by atoms with E-state index in [-0.39, 0.29) is 17.0 Å². The standard InChI is InChI=1S/C22H24ClFN2O2/c23-19-6-1-15(13-20(19)24)14-26-12-9-21(22(26)28)25-10-7-17(8-11-25)16-2-4-18(27)5-3-16/h1-6,13,17,21,27H,7-12,14H2/t21-/m0/s1. The lowest BCUT2D eigenvalue weighted by Gasteiger charge is -2.35. The molecule has 4 rings (SSSR count). The first-order chi connectivity index (χ1) is 13.5. The third-order valence-corrected chi connectivity index (χ3v) is 6.27. The second kappa shape index (κ2) is 8.10. The van der Waals surface area contributed by atoms with Crippen LogP contribution < -0.4 is 0 Å². The van der Waals surface area contributed by atoms with E-state index in [4.69, 9.17) is 11.6 Å². The topological polar surface area (TPSA) is 43.8 Å². The highest BCUT2D eigenvalue weighted by molar-refractivity contribution is 6.30. The highest BCUT2D eigenvalue weighted by Crippen LogP contribution is 2.32. The molecule has 0 aromatic heterocycles. The predicted octanol–water partition coefficient (Wildman–Crippen LogP) is 4.17. The van der Waals surface area contributed by atoms with Crippen molar-refractivity contribution in [1.29, 1.82) is 0 Å². The number of halogens is 2. The van der Waals surface area contributed by atoms with Gasteiger partial charge in [-0.05, 0) is 73.7 Å². The summed E-state index contributed by atoms with van der Waals surface area (Å²) in [5.74, 6) is 0.456. The van der Waals surface area contributed by atoms with Gasteiger partial charge in [0.2, 0.25) is 5.91 Å². The van der Waals surface area contributed by atoms with Crippen LogP contribution in [0.1, 0.15) is 36.3 Å². The number of nitrogens with zero attached hydrogens (tertiary/aromatic N) is 2. The molecule has 0 aliphatic carbocycles. The number of aromatic hydroxyl groups is 1. The fourth-order valence-electron chi connectivity index (χ4n) is 4.37. The first-order valence-corrected chi connectivity index (χ1v) is 10.1. The van der Waals surface area contributed by atoms with Crippen LogP contribution in [0.2, 0.25) is 5.02 Å². The van der Waals surface area contributed by atoms with Crippen molar-refractivity contribution in [3.63, 3.8) is 0 Å². The van der Waals surface area contributed by atoms with Crippen molar-refractivity contribution in [3.8, 4) is 5.75 Å². The first-order valence-electron chi connectivity index (χ1n) is 9.77. The number of likely N-dealkylation sites (tertiary alicyclic amines) is 2. The Hall–Kier alpha value is -2.11. The lowest BCUT2D eigenvalue weighted by molar-refractivity contribution is -0.133. The summed E-state index contributed by atoms with van der Waals surface area (Å²) in [6.07, 6.45) is 2.84. The molecular formula is C22H24ClFN2O2. The molecule has 1 atom stereocenters. The highest BCUT2D eigenvalue weighted by Gasteiger charge is 2.37. The Morgan fingerprint density at radius 3 is 2.43 bits per heavy atom. The molecule has 6 heteroatoms. The van der Waals surface area contributed by atoms with Gasteiger partial charge in [0.15, 0.2) is 0 Å². The van der Waals surface area contributed by atoms with Crippen LogP contribution in [-0.2, 0) is 11.3 Å². The monoisotopic (exact) mass is 402 g/mol. The molecule has 28 heavy (non-hydrogen) atoms. The van der Waals surface area contributed by atoms with Crippen molar-refractivity contribution < 1.29 is 14.3 Å². The number of carbonyl (C=O) groups is 1. The molecule has 2 fully saturated rings. The van der Waals surface area contributed by atoms with Crippen LogP contribution in [-0.4, -0.2) is 46.5 Å². The van der Waals surface area contributed by atoms with E-state index >= 15 is 0 Å². The summed E-state index contributed by atoms with van der Waals surface area (Å²) in [7, 11) is 0. The smallest absolute Gasteiger partial charge is 0.240 e. The van der Waals surface area contributed by atoms with Gasteiger partial charge in [-0.25, -0.2) is 4.39 Å². The van der Waals surface area contributed by atoms with Gasteiger partial charge in [-0.1, -0.05) is 29.8 Å². The fourth-order valence-corrected chi connectivity index (χ4v) is 4.49. The van der Waals surface area contributed by atoms with Crippen LogP contribution in [0.3, 0.4) is 0 Å². The molecule has 0 bridgehead atoms. The minimum Gasteiger partial charge on any atom is -0.508 e. The molecule has 2 saturated heterocycles. The summed E-state index contributed by atoms with van der Waals surface area (Å²) < 4.78 is 13.7. The van der Waals surface area contributed by atoms with Gasteiger partial charge in [0.25, 0.3) is 0 Å². The molecule has 2 aliphatic heterocycles. The number of benzene rings is 2. The molecule has 2 aromatic carbocycles. The number of hydrogen-bond acceptors (Lipinski definition) is 3. The number of phenols is 1. The quantitative estimate of drug-likeness (QED) is 0.834. The zero-order chi connectivity index (χ0) is 19.7. The predicted molar refractivity (Wildman–Crippen MR) is 107 cm³/mol. The Balaban J connectivity index is 1.34. The number of amides is 1. The Morgan fingerprint density at radius 2 is 1.75 bits per heavy atom. The van der Waals surface area contributed by atoms with E-state index in [0.29, 0.717) is 24.8 Å². The summed E-state index contributed by atoms with van der Waals surface area (Å²) in [5, 5.41) is 9.55. The van der Waals surface area contributed by atoms with Gasteiger partial charge in [0.05, 0.1) is 11.1 Å². The number of phenolic OH excluding ortho intramolecular Hbond substituents is 1. The second-order valence-electron chi connectivity index (χ2n) is 7.71. The zero-order valence-electron chi connectivity index (χ0n) is 15.7. The molecule has 1 N–H and O–H groups in total. The Morgan fingerprint density at radius 1 is 1.04 bits per heavy atom. The van der Waals surface area contributed by atoms with Gasteiger partial charge in [-0.15, -0.1) is 0 Å². The van der Waals surface area contributed by atoms with E-state index in [2.05, 4.69) is 4.90 Å². The fraction of sp³-hybridized carbons (Fsp3) is 0.409. The molecule has 2 aliphatic rings. The molecule has 0 spiro atoms. The molecule has 148 valence electrons.